The normalized spacial score (nSPS) is 17.6. The Labute approximate surface area is 112 Å². The van der Waals surface area contributed by atoms with Gasteiger partial charge < -0.3 is 10.6 Å². The SMILES string of the molecule is Cc1cnc(N2CCC(CN)CC2)c2sccc12. The van der Waals surface area contributed by atoms with Crippen LogP contribution in [0, 0.1) is 12.8 Å². The molecule has 2 aromatic heterocycles. The molecule has 2 N–H and O–H groups in total. The van der Waals surface area contributed by atoms with Crippen molar-refractivity contribution >= 4 is 27.2 Å². The van der Waals surface area contributed by atoms with Crippen LogP contribution < -0.4 is 10.6 Å². The van der Waals surface area contributed by atoms with Gasteiger partial charge in [0.05, 0.1) is 4.70 Å². The van der Waals surface area contributed by atoms with Crippen LogP contribution >= 0.6 is 11.3 Å². The van der Waals surface area contributed by atoms with Crippen LogP contribution in [0.1, 0.15) is 18.4 Å². The first-order valence-electron chi connectivity index (χ1n) is 6.57. The fraction of sp³-hybridized carbons (Fsp3) is 0.500. The Morgan fingerprint density at radius 1 is 1.44 bits per heavy atom. The number of fused-ring (bicyclic) bond motifs is 1. The van der Waals surface area contributed by atoms with Crippen molar-refractivity contribution in [1.29, 1.82) is 0 Å². The lowest BCUT2D eigenvalue weighted by atomic mass is 9.97. The van der Waals surface area contributed by atoms with Gasteiger partial charge in [-0.1, -0.05) is 0 Å². The van der Waals surface area contributed by atoms with Gasteiger partial charge in [0.25, 0.3) is 0 Å². The maximum atomic E-state index is 5.75. The van der Waals surface area contributed by atoms with E-state index in [4.69, 9.17) is 5.73 Å². The molecule has 0 radical (unpaired) electrons. The van der Waals surface area contributed by atoms with Crippen LogP contribution in [0.4, 0.5) is 5.82 Å². The zero-order valence-electron chi connectivity index (χ0n) is 10.7. The zero-order chi connectivity index (χ0) is 12.5. The van der Waals surface area contributed by atoms with Gasteiger partial charge in [-0.15, -0.1) is 11.3 Å². The first kappa shape index (κ1) is 11.9. The van der Waals surface area contributed by atoms with Gasteiger partial charge in [-0.25, -0.2) is 4.98 Å². The van der Waals surface area contributed by atoms with Gasteiger partial charge in [0.15, 0.2) is 0 Å². The van der Waals surface area contributed by atoms with E-state index in [0.717, 1.165) is 19.6 Å². The van der Waals surface area contributed by atoms with E-state index in [0.29, 0.717) is 5.92 Å². The van der Waals surface area contributed by atoms with Crippen molar-refractivity contribution in [2.24, 2.45) is 11.7 Å². The number of piperidine rings is 1. The van der Waals surface area contributed by atoms with Crippen LogP contribution in [0.2, 0.25) is 0 Å². The molecule has 4 heteroatoms. The van der Waals surface area contributed by atoms with Gasteiger partial charge in [-0.2, -0.15) is 0 Å². The predicted molar refractivity (Wildman–Crippen MR) is 78.3 cm³/mol. The van der Waals surface area contributed by atoms with Gasteiger partial charge in [0.2, 0.25) is 0 Å². The third kappa shape index (κ3) is 1.99. The standard InChI is InChI=1S/C14H19N3S/c1-10-9-16-14(13-12(10)4-7-18-13)17-5-2-11(8-15)3-6-17/h4,7,9,11H,2-3,5-6,8,15H2,1H3. The van der Waals surface area contributed by atoms with E-state index in [-0.39, 0.29) is 0 Å². The van der Waals surface area contributed by atoms with E-state index >= 15 is 0 Å². The fourth-order valence-corrected chi connectivity index (χ4v) is 3.67. The number of nitrogens with zero attached hydrogens (tertiary/aromatic N) is 2. The Morgan fingerprint density at radius 3 is 2.94 bits per heavy atom. The van der Waals surface area contributed by atoms with Gasteiger partial charge in [0.1, 0.15) is 5.82 Å². The van der Waals surface area contributed by atoms with Crippen LogP contribution in [-0.2, 0) is 0 Å². The number of thiophene rings is 1. The summed E-state index contributed by atoms with van der Waals surface area (Å²) in [4.78, 5) is 7.08. The van der Waals surface area contributed by atoms with Gasteiger partial charge in [-0.05, 0) is 49.2 Å². The minimum Gasteiger partial charge on any atom is -0.355 e. The minimum atomic E-state index is 0.700. The molecule has 0 bridgehead atoms. The van der Waals surface area contributed by atoms with Crippen LogP contribution in [0.15, 0.2) is 17.6 Å². The molecule has 1 fully saturated rings. The summed E-state index contributed by atoms with van der Waals surface area (Å²) in [6.07, 6.45) is 4.39. The zero-order valence-corrected chi connectivity index (χ0v) is 11.5. The number of aromatic nitrogens is 1. The molecule has 2 aromatic rings. The van der Waals surface area contributed by atoms with E-state index in [9.17, 15) is 0 Å². The molecule has 0 saturated carbocycles. The Balaban J connectivity index is 1.91. The van der Waals surface area contributed by atoms with Crippen molar-refractivity contribution in [2.75, 3.05) is 24.5 Å². The largest absolute Gasteiger partial charge is 0.355 e. The highest BCUT2D eigenvalue weighted by atomic mass is 32.1. The quantitative estimate of drug-likeness (QED) is 0.904. The highest BCUT2D eigenvalue weighted by Gasteiger charge is 2.21. The summed E-state index contributed by atoms with van der Waals surface area (Å²) in [6.45, 7) is 5.13. The summed E-state index contributed by atoms with van der Waals surface area (Å²) in [5, 5.41) is 3.51. The van der Waals surface area contributed by atoms with Crippen LogP contribution in [0.3, 0.4) is 0 Å². The maximum Gasteiger partial charge on any atom is 0.146 e. The first-order valence-corrected chi connectivity index (χ1v) is 7.45. The van der Waals surface area contributed by atoms with E-state index < -0.39 is 0 Å². The van der Waals surface area contributed by atoms with Gasteiger partial charge in [0, 0.05) is 24.7 Å². The Hall–Kier alpha value is -1.13. The minimum absolute atomic E-state index is 0.700. The molecule has 1 saturated heterocycles. The monoisotopic (exact) mass is 261 g/mol. The molecule has 18 heavy (non-hydrogen) atoms. The second kappa shape index (κ2) is 4.86. The lowest BCUT2D eigenvalue weighted by Crippen LogP contribution is -2.36. The lowest BCUT2D eigenvalue weighted by Gasteiger charge is -2.32. The smallest absolute Gasteiger partial charge is 0.146 e. The number of aryl methyl sites for hydroxylation is 1. The number of rotatable bonds is 2. The molecule has 3 heterocycles. The van der Waals surface area contributed by atoms with Gasteiger partial charge >= 0.3 is 0 Å². The number of pyridine rings is 1. The van der Waals surface area contributed by atoms with Crippen molar-refractivity contribution in [3.8, 4) is 0 Å². The summed E-state index contributed by atoms with van der Waals surface area (Å²) in [7, 11) is 0. The van der Waals surface area contributed by atoms with E-state index in [1.807, 2.05) is 6.20 Å². The molecule has 3 rings (SSSR count). The highest BCUT2D eigenvalue weighted by molar-refractivity contribution is 7.17. The molecule has 0 atom stereocenters. The highest BCUT2D eigenvalue weighted by Crippen LogP contribution is 2.33. The topological polar surface area (TPSA) is 42.2 Å². The Morgan fingerprint density at radius 2 is 2.22 bits per heavy atom. The molecule has 0 aliphatic carbocycles. The fourth-order valence-electron chi connectivity index (χ4n) is 2.68. The summed E-state index contributed by atoms with van der Waals surface area (Å²) in [5.41, 5.74) is 7.02. The summed E-state index contributed by atoms with van der Waals surface area (Å²) < 4.78 is 1.33. The molecule has 3 nitrogen and oxygen atoms in total. The van der Waals surface area contributed by atoms with Crippen molar-refractivity contribution < 1.29 is 0 Å². The summed E-state index contributed by atoms with van der Waals surface area (Å²) >= 11 is 1.80. The Kier molecular flexibility index (Phi) is 3.22. The van der Waals surface area contributed by atoms with Crippen LogP contribution in [0.5, 0.6) is 0 Å². The van der Waals surface area contributed by atoms with Crippen LogP contribution in [-0.4, -0.2) is 24.6 Å². The molecule has 0 aromatic carbocycles. The van der Waals surface area contributed by atoms with Crippen molar-refractivity contribution in [3.05, 3.63) is 23.2 Å². The third-order valence-corrected chi connectivity index (χ3v) is 4.83. The molecule has 96 valence electrons. The average Bonchev–Trinajstić information content (AvgIpc) is 2.90. The number of hydrogen-bond donors (Lipinski definition) is 1. The molecular weight excluding hydrogens is 242 g/mol. The lowest BCUT2D eigenvalue weighted by molar-refractivity contribution is 0.413. The maximum absolute atomic E-state index is 5.75. The number of hydrogen-bond acceptors (Lipinski definition) is 4. The predicted octanol–water partition coefficient (Wildman–Crippen LogP) is 2.78. The molecule has 0 unspecified atom stereocenters. The number of anilines is 1. The average molecular weight is 261 g/mol. The second-order valence-corrected chi connectivity index (χ2v) is 6.01. The van der Waals surface area contributed by atoms with Crippen molar-refractivity contribution in [3.63, 3.8) is 0 Å². The van der Waals surface area contributed by atoms with E-state index in [1.165, 1.54) is 34.3 Å². The molecular formula is C14H19N3S. The number of nitrogens with two attached hydrogens (primary N) is 1. The summed E-state index contributed by atoms with van der Waals surface area (Å²) in [5.74, 6) is 1.87. The summed E-state index contributed by atoms with van der Waals surface area (Å²) in [6, 6.07) is 2.20. The van der Waals surface area contributed by atoms with Gasteiger partial charge in [-0.3, -0.25) is 0 Å². The molecule has 0 spiro atoms. The van der Waals surface area contributed by atoms with E-state index in [1.54, 1.807) is 11.3 Å². The van der Waals surface area contributed by atoms with Crippen molar-refractivity contribution in [2.45, 2.75) is 19.8 Å². The van der Waals surface area contributed by atoms with E-state index in [2.05, 4.69) is 28.3 Å². The molecule has 0 amide bonds. The molecule has 1 aliphatic heterocycles. The first-order chi connectivity index (χ1) is 8.79. The second-order valence-electron chi connectivity index (χ2n) is 5.09. The third-order valence-electron chi connectivity index (χ3n) is 3.92. The van der Waals surface area contributed by atoms with Crippen molar-refractivity contribution in [1.82, 2.24) is 4.98 Å². The van der Waals surface area contributed by atoms with Crippen LogP contribution in [0.25, 0.3) is 10.1 Å². The Bertz CT molecular complexity index is 541. The molecule has 1 aliphatic rings.